The molecule has 0 atom stereocenters. The van der Waals surface area contributed by atoms with Gasteiger partial charge in [-0.15, -0.1) is 0 Å². The van der Waals surface area contributed by atoms with E-state index in [0.717, 1.165) is 0 Å². The fraction of sp³-hybridized carbons (Fsp3) is 0.143. The van der Waals surface area contributed by atoms with Gasteiger partial charge in [0.2, 0.25) is 0 Å². The molecule has 0 bridgehead atoms. The van der Waals surface area contributed by atoms with Gasteiger partial charge >= 0.3 is 0 Å². The van der Waals surface area contributed by atoms with Crippen LogP contribution in [0.25, 0.3) is 0 Å². The third-order valence-corrected chi connectivity index (χ3v) is 2.36. The van der Waals surface area contributed by atoms with Crippen molar-refractivity contribution in [1.82, 2.24) is 5.16 Å². The van der Waals surface area contributed by atoms with Crippen molar-refractivity contribution in [2.75, 3.05) is 11.9 Å². The monoisotopic (exact) mass is 274 g/mol. The second kappa shape index (κ2) is 6.50. The molecule has 1 aromatic carbocycles. The fourth-order valence-electron chi connectivity index (χ4n) is 1.43. The molecule has 0 aliphatic rings. The molecule has 20 heavy (non-hydrogen) atoms. The number of carbonyl (C=O) groups excluding carboxylic acids is 1. The summed E-state index contributed by atoms with van der Waals surface area (Å²) in [6, 6.07) is 5.58. The van der Waals surface area contributed by atoms with E-state index in [2.05, 4.69) is 26.8 Å². The number of amides is 1. The molecule has 0 aliphatic carbocycles. The van der Waals surface area contributed by atoms with Crippen LogP contribution in [0, 0.1) is 17.7 Å². The van der Waals surface area contributed by atoms with Gasteiger partial charge < -0.3 is 14.9 Å². The average Bonchev–Trinajstić information content (AvgIpc) is 2.96. The van der Waals surface area contributed by atoms with Crippen LogP contribution in [0.5, 0.6) is 0 Å². The van der Waals surface area contributed by atoms with Gasteiger partial charge in [0, 0.05) is 18.1 Å². The molecule has 102 valence electrons. The van der Waals surface area contributed by atoms with E-state index in [1.165, 1.54) is 24.5 Å². The summed E-state index contributed by atoms with van der Waals surface area (Å²) in [6.45, 7) is -0.0404. The summed E-state index contributed by atoms with van der Waals surface area (Å²) in [6.07, 6.45) is 1.58. The van der Waals surface area contributed by atoms with Gasteiger partial charge in [-0.05, 0) is 18.2 Å². The lowest BCUT2D eigenvalue weighted by atomic mass is 10.2. The van der Waals surface area contributed by atoms with Crippen LogP contribution in [-0.4, -0.2) is 22.8 Å². The lowest BCUT2D eigenvalue weighted by Crippen LogP contribution is -2.13. The number of aromatic nitrogens is 1. The number of aliphatic hydroxyl groups excluding tert-OH is 1. The minimum absolute atomic E-state index is 0.0331. The first kappa shape index (κ1) is 13.8. The van der Waals surface area contributed by atoms with Crippen molar-refractivity contribution in [1.29, 1.82) is 0 Å². The molecular formula is C14H11FN2O3. The molecule has 0 unspecified atom stereocenters. The number of hydrogen-bond donors (Lipinski definition) is 2. The van der Waals surface area contributed by atoms with Crippen molar-refractivity contribution in [3.05, 3.63) is 47.6 Å². The van der Waals surface area contributed by atoms with Gasteiger partial charge in [0.05, 0.1) is 12.3 Å². The molecule has 2 N–H and O–H groups in total. The second-order valence-corrected chi connectivity index (χ2v) is 3.81. The highest BCUT2D eigenvalue weighted by molar-refractivity contribution is 6.02. The number of benzene rings is 1. The summed E-state index contributed by atoms with van der Waals surface area (Å²) in [4.78, 5) is 11.7. The van der Waals surface area contributed by atoms with Crippen LogP contribution in [0.2, 0.25) is 0 Å². The first-order valence-electron chi connectivity index (χ1n) is 5.81. The Bertz CT molecular complexity index is 657. The molecule has 0 saturated carbocycles. The lowest BCUT2D eigenvalue weighted by molar-refractivity contribution is 0.101. The second-order valence-electron chi connectivity index (χ2n) is 3.81. The van der Waals surface area contributed by atoms with E-state index in [1.54, 1.807) is 6.07 Å². The Kier molecular flexibility index (Phi) is 4.47. The third kappa shape index (κ3) is 3.43. The van der Waals surface area contributed by atoms with Gasteiger partial charge in [0.25, 0.3) is 5.91 Å². The van der Waals surface area contributed by atoms with E-state index in [9.17, 15) is 9.18 Å². The summed E-state index contributed by atoms with van der Waals surface area (Å²) in [5.74, 6) is 4.23. The highest BCUT2D eigenvalue weighted by atomic mass is 19.1. The zero-order valence-electron chi connectivity index (χ0n) is 10.4. The molecule has 0 fully saturated rings. The molecule has 0 saturated heterocycles. The van der Waals surface area contributed by atoms with Crippen molar-refractivity contribution in [2.24, 2.45) is 0 Å². The van der Waals surface area contributed by atoms with Crippen LogP contribution < -0.4 is 5.32 Å². The molecule has 0 spiro atoms. The average molecular weight is 274 g/mol. The Morgan fingerprint density at radius 1 is 1.45 bits per heavy atom. The van der Waals surface area contributed by atoms with Gasteiger partial charge in [-0.2, -0.15) is 0 Å². The SMILES string of the molecule is O=C(Nc1ccc(C#CCCO)cc1F)c1ccon1. The maximum atomic E-state index is 13.8. The van der Waals surface area contributed by atoms with Crippen molar-refractivity contribution < 1.29 is 18.8 Å². The van der Waals surface area contributed by atoms with Gasteiger partial charge in [0.1, 0.15) is 12.1 Å². The van der Waals surface area contributed by atoms with Crippen molar-refractivity contribution >= 4 is 11.6 Å². The summed E-state index contributed by atoms with van der Waals surface area (Å²) < 4.78 is 18.3. The predicted octanol–water partition coefficient (Wildman–Crippen LogP) is 1.80. The molecular weight excluding hydrogens is 263 g/mol. The molecule has 6 heteroatoms. The molecule has 0 radical (unpaired) electrons. The Hall–Kier alpha value is -2.65. The Morgan fingerprint density at radius 2 is 2.30 bits per heavy atom. The van der Waals surface area contributed by atoms with Gasteiger partial charge in [-0.25, -0.2) is 4.39 Å². The molecule has 1 heterocycles. The molecule has 2 rings (SSSR count). The fourth-order valence-corrected chi connectivity index (χ4v) is 1.43. The summed E-state index contributed by atoms with van der Waals surface area (Å²) in [7, 11) is 0. The van der Waals surface area contributed by atoms with Crippen LogP contribution in [-0.2, 0) is 0 Å². The number of anilines is 1. The lowest BCUT2D eigenvalue weighted by Gasteiger charge is -2.04. The first-order chi connectivity index (χ1) is 9.70. The van der Waals surface area contributed by atoms with Gasteiger partial charge in [-0.1, -0.05) is 17.0 Å². The van der Waals surface area contributed by atoms with E-state index in [-0.39, 0.29) is 18.0 Å². The minimum Gasteiger partial charge on any atom is -0.395 e. The Labute approximate surface area is 114 Å². The first-order valence-corrected chi connectivity index (χ1v) is 5.81. The number of nitrogens with one attached hydrogen (secondary N) is 1. The topological polar surface area (TPSA) is 75.4 Å². The van der Waals surface area contributed by atoms with Gasteiger partial charge in [0.15, 0.2) is 5.69 Å². The zero-order chi connectivity index (χ0) is 14.4. The standard InChI is InChI=1S/C14H11FN2O3/c15-11-9-10(3-1-2-7-18)4-5-12(11)16-14(19)13-6-8-20-17-13/h4-6,8-9,18H,2,7H2,(H,16,19). The number of halogens is 1. The highest BCUT2D eigenvalue weighted by Crippen LogP contribution is 2.16. The van der Waals surface area contributed by atoms with E-state index >= 15 is 0 Å². The highest BCUT2D eigenvalue weighted by Gasteiger charge is 2.11. The number of aliphatic hydroxyl groups is 1. The van der Waals surface area contributed by atoms with Crippen LogP contribution in [0.3, 0.4) is 0 Å². The number of carbonyl (C=O) groups is 1. The predicted molar refractivity (Wildman–Crippen MR) is 69.4 cm³/mol. The molecule has 0 aliphatic heterocycles. The van der Waals surface area contributed by atoms with E-state index in [4.69, 9.17) is 5.11 Å². The van der Waals surface area contributed by atoms with E-state index in [0.29, 0.717) is 12.0 Å². The zero-order valence-corrected chi connectivity index (χ0v) is 10.4. The molecule has 1 aromatic heterocycles. The molecule has 1 amide bonds. The van der Waals surface area contributed by atoms with Crippen LogP contribution in [0.15, 0.2) is 35.1 Å². The van der Waals surface area contributed by atoms with Crippen molar-refractivity contribution in [2.45, 2.75) is 6.42 Å². The van der Waals surface area contributed by atoms with Crippen molar-refractivity contribution in [3.63, 3.8) is 0 Å². The third-order valence-electron chi connectivity index (χ3n) is 2.36. The van der Waals surface area contributed by atoms with Crippen LogP contribution >= 0.6 is 0 Å². The number of nitrogens with zero attached hydrogens (tertiary/aromatic N) is 1. The molecule has 5 nitrogen and oxygen atoms in total. The Balaban J connectivity index is 2.11. The number of hydrogen-bond acceptors (Lipinski definition) is 4. The minimum atomic E-state index is -0.599. The quantitative estimate of drug-likeness (QED) is 0.837. The largest absolute Gasteiger partial charge is 0.395 e. The smallest absolute Gasteiger partial charge is 0.277 e. The number of rotatable bonds is 3. The normalized spacial score (nSPS) is 9.70. The summed E-state index contributed by atoms with van der Waals surface area (Å²) in [5.41, 5.74) is 0.567. The molecule has 2 aromatic rings. The Morgan fingerprint density at radius 3 is 2.95 bits per heavy atom. The van der Waals surface area contributed by atoms with Crippen LogP contribution in [0.1, 0.15) is 22.5 Å². The van der Waals surface area contributed by atoms with Gasteiger partial charge in [-0.3, -0.25) is 4.79 Å². The summed E-state index contributed by atoms with van der Waals surface area (Å²) in [5, 5.41) is 14.4. The van der Waals surface area contributed by atoms with E-state index < -0.39 is 11.7 Å². The van der Waals surface area contributed by atoms with E-state index in [1.807, 2.05) is 0 Å². The summed E-state index contributed by atoms with van der Waals surface area (Å²) >= 11 is 0. The van der Waals surface area contributed by atoms with Crippen LogP contribution in [0.4, 0.5) is 10.1 Å². The van der Waals surface area contributed by atoms with Crippen molar-refractivity contribution in [3.8, 4) is 11.8 Å². The maximum Gasteiger partial charge on any atom is 0.277 e. The maximum absolute atomic E-state index is 13.8.